The minimum atomic E-state index is 0.792. The number of hydrogen-bond acceptors (Lipinski definition) is 2. The van der Waals surface area contributed by atoms with Crippen molar-refractivity contribution < 1.29 is 0 Å². The molecule has 102 valence electrons. The van der Waals surface area contributed by atoms with E-state index in [0.717, 1.165) is 24.5 Å². The predicted octanol–water partition coefficient (Wildman–Crippen LogP) is 3.28. The maximum Gasteiger partial charge on any atom is 0.00933 e. The van der Waals surface area contributed by atoms with Crippen molar-refractivity contribution in [2.45, 2.75) is 71.4 Å². The molecule has 0 aliphatic heterocycles. The second kappa shape index (κ2) is 8.10. The molecule has 0 heterocycles. The van der Waals surface area contributed by atoms with Gasteiger partial charge in [0.05, 0.1) is 0 Å². The van der Waals surface area contributed by atoms with E-state index in [0.29, 0.717) is 0 Å². The quantitative estimate of drug-likeness (QED) is 0.735. The van der Waals surface area contributed by atoms with Crippen LogP contribution >= 0.6 is 0 Å². The largest absolute Gasteiger partial charge is 0.314 e. The Labute approximate surface area is 108 Å². The molecule has 1 aliphatic rings. The van der Waals surface area contributed by atoms with E-state index in [1.807, 2.05) is 0 Å². The van der Waals surface area contributed by atoms with Crippen LogP contribution in [0.5, 0.6) is 0 Å². The van der Waals surface area contributed by atoms with Crippen LogP contribution in [0.3, 0.4) is 0 Å². The number of nitrogens with one attached hydrogen (secondary N) is 1. The third-order valence-corrected chi connectivity index (χ3v) is 4.11. The van der Waals surface area contributed by atoms with Gasteiger partial charge in [0.2, 0.25) is 0 Å². The highest BCUT2D eigenvalue weighted by Crippen LogP contribution is 2.22. The zero-order valence-electron chi connectivity index (χ0n) is 12.3. The summed E-state index contributed by atoms with van der Waals surface area (Å²) >= 11 is 0. The summed E-state index contributed by atoms with van der Waals surface area (Å²) in [5, 5.41) is 3.58. The Morgan fingerprint density at radius 3 is 2.35 bits per heavy atom. The topological polar surface area (TPSA) is 15.3 Å². The van der Waals surface area contributed by atoms with Gasteiger partial charge in [-0.25, -0.2) is 0 Å². The van der Waals surface area contributed by atoms with E-state index in [9.17, 15) is 0 Å². The van der Waals surface area contributed by atoms with Gasteiger partial charge in [-0.1, -0.05) is 20.8 Å². The van der Waals surface area contributed by atoms with Crippen LogP contribution < -0.4 is 5.32 Å². The summed E-state index contributed by atoms with van der Waals surface area (Å²) in [6.45, 7) is 9.27. The molecule has 0 aromatic heterocycles. The van der Waals surface area contributed by atoms with E-state index < -0.39 is 0 Å². The van der Waals surface area contributed by atoms with Crippen molar-refractivity contribution in [1.29, 1.82) is 0 Å². The Morgan fingerprint density at radius 2 is 1.82 bits per heavy atom. The van der Waals surface area contributed by atoms with Crippen molar-refractivity contribution in [2.24, 2.45) is 5.92 Å². The van der Waals surface area contributed by atoms with Gasteiger partial charge in [0.15, 0.2) is 0 Å². The van der Waals surface area contributed by atoms with Crippen LogP contribution in [0.15, 0.2) is 0 Å². The molecule has 2 heteroatoms. The number of rotatable bonds is 7. The van der Waals surface area contributed by atoms with Gasteiger partial charge in [-0.05, 0) is 64.6 Å². The molecule has 0 amide bonds. The fourth-order valence-corrected chi connectivity index (χ4v) is 2.94. The monoisotopic (exact) mass is 240 g/mol. The van der Waals surface area contributed by atoms with Crippen molar-refractivity contribution >= 4 is 0 Å². The predicted molar refractivity (Wildman–Crippen MR) is 76.4 cm³/mol. The summed E-state index contributed by atoms with van der Waals surface area (Å²) < 4.78 is 0. The van der Waals surface area contributed by atoms with Crippen molar-refractivity contribution in [2.75, 3.05) is 20.1 Å². The molecular formula is C15H32N2. The lowest BCUT2D eigenvalue weighted by atomic mass is 9.90. The van der Waals surface area contributed by atoms with Crippen LogP contribution in [0, 0.1) is 5.92 Å². The van der Waals surface area contributed by atoms with Gasteiger partial charge >= 0.3 is 0 Å². The maximum absolute atomic E-state index is 3.58. The van der Waals surface area contributed by atoms with Gasteiger partial charge in [0.1, 0.15) is 0 Å². The van der Waals surface area contributed by atoms with Crippen molar-refractivity contribution in [3.63, 3.8) is 0 Å². The highest BCUT2D eigenvalue weighted by atomic mass is 15.1. The second-order valence-electron chi connectivity index (χ2n) is 6.08. The molecule has 0 radical (unpaired) electrons. The van der Waals surface area contributed by atoms with E-state index in [1.165, 1.54) is 45.1 Å². The summed E-state index contributed by atoms with van der Waals surface area (Å²) in [6.07, 6.45) is 8.24. The first kappa shape index (κ1) is 15.0. The molecule has 0 aromatic rings. The van der Waals surface area contributed by atoms with Gasteiger partial charge in [0, 0.05) is 12.1 Å². The smallest absolute Gasteiger partial charge is 0.00933 e. The molecule has 1 fully saturated rings. The summed E-state index contributed by atoms with van der Waals surface area (Å²) in [5.41, 5.74) is 0. The van der Waals surface area contributed by atoms with E-state index in [2.05, 4.69) is 38.0 Å². The highest BCUT2D eigenvalue weighted by molar-refractivity contribution is 4.81. The Balaban J connectivity index is 2.14. The van der Waals surface area contributed by atoms with E-state index in [-0.39, 0.29) is 0 Å². The van der Waals surface area contributed by atoms with Gasteiger partial charge in [-0.15, -0.1) is 0 Å². The molecule has 0 bridgehead atoms. The molecular weight excluding hydrogens is 208 g/mol. The van der Waals surface area contributed by atoms with Crippen LogP contribution in [-0.2, 0) is 0 Å². The summed E-state index contributed by atoms with van der Waals surface area (Å²) in [7, 11) is 2.32. The number of nitrogens with zero attached hydrogens (tertiary/aromatic N) is 1. The first-order chi connectivity index (χ1) is 8.13. The average Bonchev–Trinajstić information content (AvgIpc) is 2.30. The molecule has 17 heavy (non-hydrogen) atoms. The van der Waals surface area contributed by atoms with Crippen LogP contribution in [0.25, 0.3) is 0 Å². The fraction of sp³-hybridized carbons (Fsp3) is 1.00. The Bertz CT molecular complexity index is 183. The Morgan fingerprint density at radius 1 is 1.18 bits per heavy atom. The maximum atomic E-state index is 3.58. The molecule has 0 unspecified atom stereocenters. The molecule has 2 nitrogen and oxygen atoms in total. The van der Waals surface area contributed by atoms with E-state index in [1.54, 1.807) is 0 Å². The molecule has 1 aliphatic carbocycles. The lowest BCUT2D eigenvalue weighted by molar-refractivity contribution is 0.171. The second-order valence-corrected chi connectivity index (χ2v) is 6.08. The lowest BCUT2D eigenvalue weighted by Gasteiger charge is -2.35. The summed E-state index contributed by atoms with van der Waals surface area (Å²) in [4.78, 5) is 2.60. The van der Waals surface area contributed by atoms with Gasteiger partial charge < -0.3 is 10.2 Å². The molecule has 0 spiro atoms. The molecule has 0 saturated heterocycles. The van der Waals surface area contributed by atoms with Gasteiger partial charge in [-0.2, -0.15) is 0 Å². The third-order valence-electron chi connectivity index (χ3n) is 4.11. The molecule has 1 saturated carbocycles. The molecule has 0 aromatic carbocycles. The Hall–Kier alpha value is -0.0800. The standard InChI is InChI=1S/C15H32N2/c1-5-16-14-8-10-15(11-9-14)17(4)12-6-7-13(2)3/h13-16H,5-12H2,1-4H3. The molecule has 1 N–H and O–H groups in total. The van der Waals surface area contributed by atoms with Crippen molar-refractivity contribution in [3.8, 4) is 0 Å². The first-order valence-corrected chi connectivity index (χ1v) is 7.57. The van der Waals surface area contributed by atoms with Crippen molar-refractivity contribution in [1.82, 2.24) is 10.2 Å². The minimum absolute atomic E-state index is 0.792. The average molecular weight is 240 g/mol. The van der Waals surface area contributed by atoms with Crippen LogP contribution in [-0.4, -0.2) is 37.1 Å². The molecule has 0 atom stereocenters. The normalized spacial score (nSPS) is 25.8. The van der Waals surface area contributed by atoms with Crippen molar-refractivity contribution in [3.05, 3.63) is 0 Å². The lowest BCUT2D eigenvalue weighted by Crippen LogP contribution is -2.41. The summed E-state index contributed by atoms with van der Waals surface area (Å²) in [5.74, 6) is 0.855. The van der Waals surface area contributed by atoms with Crippen LogP contribution in [0.2, 0.25) is 0 Å². The minimum Gasteiger partial charge on any atom is -0.314 e. The Kier molecular flexibility index (Phi) is 7.14. The SMILES string of the molecule is CCNC1CCC(N(C)CCCC(C)C)CC1. The van der Waals surface area contributed by atoms with Crippen LogP contribution in [0.1, 0.15) is 59.3 Å². The highest BCUT2D eigenvalue weighted by Gasteiger charge is 2.22. The van der Waals surface area contributed by atoms with Gasteiger partial charge in [0.25, 0.3) is 0 Å². The zero-order valence-corrected chi connectivity index (χ0v) is 12.3. The first-order valence-electron chi connectivity index (χ1n) is 7.57. The van der Waals surface area contributed by atoms with E-state index in [4.69, 9.17) is 0 Å². The van der Waals surface area contributed by atoms with E-state index >= 15 is 0 Å². The summed E-state index contributed by atoms with van der Waals surface area (Å²) in [6, 6.07) is 1.64. The van der Waals surface area contributed by atoms with Crippen LogP contribution in [0.4, 0.5) is 0 Å². The zero-order chi connectivity index (χ0) is 12.7. The number of hydrogen-bond donors (Lipinski definition) is 1. The molecule has 1 rings (SSSR count). The fourth-order valence-electron chi connectivity index (χ4n) is 2.94. The third kappa shape index (κ3) is 5.87. The van der Waals surface area contributed by atoms with Gasteiger partial charge in [-0.3, -0.25) is 0 Å².